The van der Waals surface area contributed by atoms with Gasteiger partial charge >= 0.3 is 5.91 Å². The molecule has 0 radical (unpaired) electrons. The smallest absolute Gasteiger partial charge is 0.308 e. The van der Waals surface area contributed by atoms with E-state index in [9.17, 15) is 34.8 Å². The van der Waals surface area contributed by atoms with E-state index in [4.69, 9.17) is 16.2 Å². The van der Waals surface area contributed by atoms with Crippen LogP contribution in [0, 0.1) is 11.8 Å². The fourth-order valence-electron chi connectivity index (χ4n) is 5.01. The number of rotatable bonds is 9. The number of hydrogen-bond acceptors (Lipinski definition) is 10. The van der Waals surface area contributed by atoms with Gasteiger partial charge in [-0.05, 0) is 60.2 Å². The number of nitrogens with one attached hydrogen (secondary N) is 1. The van der Waals surface area contributed by atoms with Crippen LogP contribution in [0.2, 0.25) is 0 Å². The molecule has 9 N–H and O–H groups in total. The Hall–Kier alpha value is -5.36. The molecule has 0 aromatic heterocycles. The van der Waals surface area contributed by atoms with Crippen LogP contribution in [0.3, 0.4) is 0 Å². The van der Waals surface area contributed by atoms with Crippen LogP contribution in [-0.2, 0) is 15.4 Å². The number of methoxy groups -OCH3 is 1. The summed E-state index contributed by atoms with van der Waals surface area (Å²) in [5.41, 5.74) is 13.7. The van der Waals surface area contributed by atoms with E-state index in [-0.39, 0.29) is 17.0 Å². The number of anilines is 2. The molecule has 1 aliphatic rings. The van der Waals surface area contributed by atoms with Crippen LogP contribution in [0.1, 0.15) is 44.4 Å². The summed E-state index contributed by atoms with van der Waals surface area (Å²) in [6, 6.07) is 26.3. The van der Waals surface area contributed by atoms with Crippen molar-refractivity contribution < 1.29 is 39.5 Å². The number of benzene rings is 4. The van der Waals surface area contributed by atoms with Crippen LogP contribution in [-0.4, -0.2) is 56.4 Å². The Morgan fingerprint density at radius 1 is 0.917 bits per heavy atom. The number of aliphatic hydroxyl groups is 4. The molecule has 2 atom stereocenters. The molecule has 2 unspecified atom stereocenters. The maximum absolute atomic E-state index is 13.9. The zero-order valence-electron chi connectivity index (χ0n) is 25.5. The highest BCUT2D eigenvalue weighted by atomic mass is 32.2. The Labute approximate surface area is 279 Å². The average molecular weight is 669 g/mol. The number of nitrogens with two attached hydrogens (primary N) is 2. The van der Waals surface area contributed by atoms with E-state index in [0.717, 1.165) is 35.0 Å². The fraction of sp³-hybridized carbons (Fsp3) is 0.171. The van der Waals surface area contributed by atoms with Gasteiger partial charge in [-0.1, -0.05) is 54.3 Å². The summed E-state index contributed by atoms with van der Waals surface area (Å²) in [7, 11) is 1.28. The van der Waals surface area contributed by atoms with E-state index in [1.54, 1.807) is 41.7 Å². The molecule has 48 heavy (non-hydrogen) atoms. The minimum Gasteiger partial charge on any atom is -0.495 e. The number of primary amides is 1. The highest BCUT2D eigenvalue weighted by Gasteiger charge is 2.51. The number of carbonyl (C=O) groups is 3. The predicted molar refractivity (Wildman–Crippen MR) is 179 cm³/mol. The normalized spacial score (nSPS) is 16.2. The van der Waals surface area contributed by atoms with Crippen molar-refractivity contribution in [2.24, 2.45) is 5.73 Å². The second-order valence-electron chi connectivity index (χ2n) is 10.9. The standard InChI is InChI=1S/C35H32N4O8S/c1-47-28-19-25(16-17-27(28)36)34(43,44)35(45,46)38-30(40)20-29-32(42)39(26-9-5-8-24(18-26)31(37)41)33(48-29)23-14-12-22(13-15-23)11-10-21-6-3-2-4-7-21/h2-9,12-19,29,33,43-46H,20,36H2,1H3,(H2,37,41)(H,38,40). The van der Waals surface area contributed by atoms with Gasteiger partial charge in [-0.3, -0.25) is 19.3 Å². The molecular weight excluding hydrogens is 636 g/mol. The third-order valence-corrected chi connectivity index (χ3v) is 9.01. The lowest BCUT2D eigenvalue weighted by molar-refractivity contribution is -0.375. The van der Waals surface area contributed by atoms with Crippen molar-refractivity contribution >= 4 is 40.9 Å². The summed E-state index contributed by atoms with van der Waals surface area (Å²) in [6.45, 7) is 0. The molecule has 1 saturated heterocycles. The first-order chi connectivity index (χ1) is 22.8. The molecule has 12 nitrogen and oxygen atoms in total. The van der Waals surface area contributed by atoms with Crippen molar-refractivity contribution in [2.45, 2.75) is 28.7 Å². The van der Waals surface area contributed by atoms with Gasteiger partial charge < -0.3 is 41.9 Å². The van der Waals surface area contributed by atoms with Crippen LogP contribution >= 0.6 is 11.8 Å². The van der Waals surface area contributed by atoms with Gasteiger partial charge in [0.25, 0.3) is 5.79 Å². The van der Waals surface area contributed by atoms with E-state index in [1.807, 2.05) is 30.3 Å². The quantitative estimate of drug-likeness (QED) is 0.0783. The number of nitrogens with zero attached hydrogens (tertiary/aromatic N) is 1. The van der Waals surface area contributed by atoms with Gasteiger partial charge in [-0.15, -0.1) is 11.8 Å². The van der Waals surface area contributed by atoms with Gasteiger partial charge in [0.1, 0.15) is 11.1 Å². The van der Waals surface area contributed by atoms with Gasteiger partial charge in [0.15, 0.2) is 0 Å². The molecule has 5 rings (SSSR count). The Morgan fingerprint density at radius 2 is 1.58 bits per heavy atom. The van der Waals surface area contributed by atoms with Crippen molar-refractivity contribution in [2.75, 3.05) is 17.7 Å². The van der Waals surface area contributed by atoms with Crippen LogP contribution in [0.15, 0.2) is 97.1 Å². The molecule has 0 aliphatic carbocycles. The third-order valence-electron chi connectivity index (χ3n) is 7.58. The second kappa shape index (κ2) is 13.8. The van der Waals surface area contributed by atoms with Crippen molar-refractivity contribution in [1.29, 1.82) is 0 Å². The van der Waals surface area contributed by atoms with E-state index in [1.165, 1.54) is 30.2 Å². The summed E-state index contributed by atoms with van der Waals surface area (Å²) >= 11 is 1.11. The van der Waals surface area contributed by atoms with Crippen LogP contribution in [0.5, 0.6) is 5.75 Å². The average Bonchev–Trinajstić information content (AvgIpc) is 3.39. The van der Waals surface area contributed by atoms with Crippen LogP contribution in [0.4, 0.5) is 11.4 Å². The number of carbonyl (C=O) groups excluding carboxylic acids is 3. The van der Waals surface area contributed by atoms with E-state index < -0.39 is 52.0 Å². The number of amides is 3. The molecule has 4 aromatic rings. The molecular formula is C35H32N4O8S. The van der Waals surface area contributed by atoms with Crippen molar-refractivity contribution in [3.8, 4) is 17.6 Å². The first kappa shape index (κ1) is 34.0. The molecule has 0 bridgehead atoms. The van der Waals surface area contributed by atoms with Crippen LogP contribution < -0.4 is 26.4 Å². The number of thioether (sulfide) groups is 1. The minimum absolute atomic E-state index is 0.0258. The summed E-state index contributed by atoms with van der Waals surface area (Å²) in [5, 5.41) is 42.7. The van der Waals surface area contributed by atoms with E-state index in [0.29, 0.717) is 11.3 Å². The van der Waals surface area contributed by atoms with Crippen LogP contribution in [0.25, 0.3) is 0 Å². The summed E-state index contributed by atoms with van der Waals surface area (Å²) < 4.78 is 5.05. The molecule has 1 aliphatic heterocycles. The topological polar surface area (TPSA) is 209 Å². The predicted octanol–water partition coefficient (Wildman–Crippen LogP) is 1.91. The van der Waals surface area contributed by atoms with E-state index in [2.05, 4.69) is 11.8 Å². The van der Waals surface area contributed by atoms with Gasteiger partial charge in [-0.2, -0.15) is 0 Å². The molecule has 1 heterocycles. The molecule has 13 heteroatoms. The molecule has 1 fully saturated rings. The first-order valence-corrected chi connectivity index (χ1v) is 15.4. The third kappa shape index (κ3) is 7.13. The van der Waals surface area contributed by atoms with Gasteiger partial charge in [-0.25, -0.2) is 0 Å². The monoisotopic (exact) mass is 668 g/mol. The molecule has 0 saturated carbocycles. The van der Waals surface area contributed by atoms with Crippen molar-refractivity contribution in [1.82, 2.24) is 5.32 Å². The number of nitrogen functional groups attached to an aromatic ring is 1. The maximum Gasteiger partial charge on any atom is 0.308 e. The number of hydrogen-bond donors (Lipinski definition) is 7. The fourth-order valence-corrected chi connectivity index (χ4v) is 6.46. The first-order valence-electron chi connectivity index (χ1n) is 14.5. The summed E-state index contributed by atoms with van der Waals surface area (Å²) in [5.74, 6) is -3.07. The Balaban J connectivity index is 1.39. The zero-order valence-corrected chi connectivity index (χ0v) is 26.3. The molecule has 0 spiro atoms. The van der Waals surface area contributed by atoms with Gasteiger partial charge in [0.05, 0.1) is 18.0 Å². The Morgan fingerprint density at radius 3 is 2.23 bits per heavy atom. The lowest BCUT2D eigenvalue weighted by Crippen LogP contribution is -2.63. The highest BCUT2D eigenvalue weighted by Crippen LogP contribution is 2.47. The SMILES string of the molecule is COc1cc(C(O)(O)C(O)(O)NC(=O)CC2SC(c3ccc(C#Cc4ccccc4)cc3)N(c3cccc(C(N)=O)c3)C2=O)ccc1N. The van der Waals surface area contributed by atoms with E-state index >= 15 is 0 Å². The number of ether oxygens (including phenoxy) is 1. The van der Waals surface area contributed by atoms with Gasteiger partial charge in [0.2, 0.25) is 17.7 Å². The Kier molecular flexibility index (Phi) is 9.76. The Bertz CT molecular complexity index is 1910. The lowest BCUT2D eigenvalue weighted by Gasteiger charge is -2.35. The second-order valence-corrected chi connectivity index (χ2v) is 12.2. The van der Waals surface area contributed by atoms with Gasteiger partial charge in [0, 0.05) is 34.4 Å². The molecule has 4 aromatic carbocycles. The zero-order chi connectivity index (χ0) is 34.6. The lowest BCUT2D eigenvalue weighted by atomic mass is 10.0. The van der Waals surface area contributed by atoms with Crippen molar-refractivity contribution in [3.63, 3.8) is 0 Å². The van der Waals surface area contributed by atoms with Crippen molar-refractivity contribution in [3.05, 3.63) is 125 Å². The highest BCUT2D eigenvalue weighted by molar-refractivity contribution is 8.01. The summed E-state index contributed by atoms with van der Waals surface area (Å²) in [6.07, 6.45) is -0.573. The minimum atomic E-state index is -3.59. The maximum atomic E-state index is 13.9. The summed E-state index contributed by atoms with van der Waals surface area (Å²) in [4.78, 5) is 40.3. The molecule has 246 valence electrons. The largest absolute Gasteiger partial charge is 0.495 e. The molecule has 3 amide bonds.